The molecule has 0 aromatic carbocycles. The molecule has 0 aromatic rings. The van der Waals surface area contributed by atoms with Crippen molar-refractivity contribution in [3.63, 3.8) is 0 Å². The molecular formula is C13H20. The van der Waals surface area contributed by atoms with Crippen molar-refractivity contribution in [1.29, 1.82) is 0 Å². The van der Waals surface area contributed by atoms with E-state index >= 15 is 0 Å². The molecule has 0 saturated carbocycles. The van der Waals surface area contributed by atoms with Crippen molar-refractivity contribution in [3.05, 3.63) is 24.3 Å². The Bertz CT molecular complexity index is 227. The van der Waals surface area contributed by atoms with Gasteiger partial charge in [0.1, 0.15) is 0 Å². The zero-order chi connectivity index (χ0) is 10.4. The molecule has 72 valence electrons. The van der Waals surface area contributed by atoms with Gasteiger partial charge in [0.25, 0.3) is 0 Å². The lowest BCUT2D eigenvalue weighted by molar-refractivity contribution is 0.465. The van der Waals surface area contributed by atoms with Gasteiger partial charge >= 0.3 is 0 Å². The highest BCUT2D eigenvalue weighted by molar-refractivity contribution is 5.07. The topological polar surface area (TPSA) is 0 Å². The van der Waals surface area contributed by atoms with Crippen LogP contribution < -0.4 is 0 Å². The Morgan fingerprint density at radius 1 is 1.38 bits per heavy atom. The van der Waals surface area contributed by atoms with Gasteiger partial charge in [0, 0.05) is 5.92 Å². The maximum Gasteiger partial charge on any atom is 0.0237 e. The summed E-state index contributed by atoms with van der Waals surface area (Å²) >= 11 is 0. The smallest absolute Gasteiger partial charge is 0.0237 e. The van der Waals surface area contributed by atoms with Crippen molar-refractivity contribution in [2.45, 2.75) is 33.6 Å². The summed E-state index contributed by atoms with van der Waals surface area (Å²) in [5.41, 5.74) is 2.40. The van der Waals surface area contributed by atoms with E-state index in [0.29, 0.717) is 5.92 Å². The van der Waals surface area contributed by atoms with Crippen LogP contribution in [0.5, 0.6) is 0 Å². The number of hydrogen-bond acceptors (Lipinski definition) is 0. The summed E-state index contributed by atoms with van der Waals surface area (Å²) in [4.78, 5) is 0. The van der Waals surface area contributed by atoms with Crippen LogP contribution in [-0.4, -0.2) is 0 Å². The first-order valence-corrected chi connectivity index (χ1v) is 4.75. The van der Waals surface area contributed by atoms with Gasteiger partial charge in [-0.3, -0.25) is 0 Å². The van der Waals surface area contributed by atoms with Crippen molar-refractivity contribution in [2.24, 2.45) is 11.8 Å². The molecule has 0 aromatic heterocycles. The van der Waals surface area contributed by atoms with Gasteiger partial charge in [-0.2, -0.15) is 0 Å². The molecule has 0 radical (unpaired) electrons. The molecule has 13 heavy (non-hydrogen) atoms. The van der Waals surface area contributed by atoms with Crippen LogP contribution in [-0.2, 0) is 0 Å². The summed E-state index contributed by atoms with van der Waals surface area (Å²) in [6.45, 7) is 14.1. The van der Waals surface area contributed by atoms with Crippen molar-refractivity contribution in [1.82, 2.24) is 0 Å². The monoisotopic (exact) mass is 176 g/mol. The molecule has 0 rings (SSSR count). The molecule has 0 bridgehead atoms. The van der Waals surface area contributed by atoms with Crippen LogP contribution >= 0.6 is 0 Å². The normalized spacial score (nSPS) is 14.3. The van der Waals surface area contributed by atoms with Crippen molar-refractivity contribution < 1.29 is 0 Å². The molecule has 0 aliphatic heterocycles. The lowest BCUT2D eigenvalue weighted by atomic mass is 9.84. The van der Waals surface area contributed by atoms with Crippen molar-refractivity contribution in [3.8, 4) is 12.3 Å². The Labute approximate surface area is 82.7 Å². The van der Waals surface area contributed by atoms with Crippen molar-refractivity contribution >= 4 is 0 Å². The third-order valence-corrected chi connectivity index (χ3v) is 2.38. The number of allylic oxidation sites excluding steroid dienone is 2. The Kier molecular flexibility index (Phi) is 5.23. The van der Waals surface area contributed by atoms with Gasteiger partial charge in [-0.25, -0.2) is 0 Å². The molecule has 0 heteroatoms. The summed E-state index contributed by atoms with van der Waals surface area (Å²) in [6.07, 6.45) is 7.53. The van der Waals surface area contributed by atoms with Gasteiger partial charge in [0.05, 0.1) is 0 Å². The standard InChI is InChI=1S/C13H20/c1-7-12(6)13(11(4)5)9-8-10(2)3/h1,12-13H,2,4,8-9H2,3,5-6H3. The second-order valence-corrected chi connectivity index (χ2v) is 3.90. The lowest BCUT2D eigenvalue weighted by Gasteiger charge is -2.20. The minimum Gasteiger partial charge on any atom is -0.120 e. The molecular weight excluding hydrogens is 156 g/mol. The van der Waals surface area contributed by atoms with E-state index in [0.717, 1.165) is 12.8 Å². The van der Waals surface area contributed by atoms with E-state index < -0.39 is 0 Å². The zero-order valence-corrected chi connectivity index (χ0v) is 9.06. The maximum atomic E-state index is 5.40. The summed E-state index contributed by atoms with van der Waals surface area (Å²) < 4.78 is 0. The van der Waals surface area contributed by atoms with Crippen LogP contribution in [0.15, 0.2) is 24.3 Å². The molecule has 2 atom stereocenters. The van der Waals surface area contributed by atoms with Crippen LogP contribution in [0, 0.1) is 24.2 Å². The predicted molar refractivity (Wildman–Crippen MR) is 60.3 cm³/mol. The summed E-state index contributed by atoms with van der Waals surface area (Å²) in [6, 6.07) is 0. The van der Waals surface area contributed by atoms with Crippen LogP contribution in [0.4, 0.5) is 0 Å². The van der Waals surface area contributed by atoms with Crippen LogP contribution in [0.25, 0.3) is 0 Å². The molecule has 0 aliphatic carbocycles. The fourth-order valence-electron chi connectivity index (χ4n) is 1.44. The zero-order valence-electron chi connectivity index (χ0n) is 9.06. The molecule has 0 amide bonds. The molecule has 0 fully saturated rings. The Morgan fingerprint density at radius 2 is 1.92 bits per heavy atom. The minimum atomic E-state index is 0.289. The molecule has 0 saturated heterocycles. The van der Waals surface area contributed by atoms with Gasteiger partial charge in [0.15, 0.2) is 0 Å². The number of terminal acetylenes is 1. The van der Waals surface area contributed by atoms with E-state index in [1.165, 1.54) is 11.1 Å². The van der Waals surface area contributed by atoms with Gasteiger partial charge in [-0.15, -0.1) is 18.9 Å². The molecule has 2 unspecified atom stereocenters. The number of hydrogen-bond donors (Lipinski definition) is 0. The predicted octanol–water partition coefficient (Wildman–Crippen LogP) is 3.80. The van der Waals surface area contributed by atoms with Crippen LogP contribution in [0.2, 0.25) is 0 Å². The van der Waals surface area contributed by atoms with Gasteiger partial charge in [-0.05, 0) is 32.6 Å². The Hall–Kier alpha value is -0.960. The molecule has 0 nitrogen and oxygen atoms in total. The van der Waals surface area contributed by atoms with Crippen LogP contribution in [0.1, 0.15) is 33.6 Å². The highest BCUT2D eigenvalue weighted by Gasteiger charge is 2.15. The van der Waals surface area contributed by atoms with Crippen molar-refractivity contribution in [2.75, 3.05) is 0 Å². The highest BCUT2D eigenvalue weighted by Crippen LogP contribution is 2.25. The third-order valence-electron chi connectivity index (χ3n) is 2.38. The molecule has 0 spiro atoms. The quantitative estimate of drug-likeness (QED) is 0.441. The Balaban J connectivity index is 4.20. The van der Waals surface area contributed by atoms with E-state index in [1.54, 1.807) is 0 Å². The highest BCUT2D eigenvalue weighted by atomic mass is 14.2. The van der Waals surface area contributed by atoms with E-state index in [-0.39, 0.29) is 5.92 Å². The molecule has 0 aliphatic rings. The average Bonchev–Trinajstić information content (AvgIpc) is 2.03. The first-order chi connectivity index (χ1) is 5.99. The lowest BCUT2D eigenvalue weighted by Crippen LogP contribution is -2.11. The fourth-order valence-corrected chi connectivity index (χ4v) is 1.44. The number of rotatable bonds is 5. The summed E-state index contributed by atoms with van der Waals surface area (Å²) in [7, 11) is 0. The second-order valence-electron chi connectivity index (χ2n) is 3.90. The van der Waals surface area contributed by atoms with Gasteiger partial charge in [0.2, 0.25) is 0 Å². The van der Waals surface area contributed by atoms with E-state index in [9.17, 15) is 0 Å². The third kappa shape index (κ3) is 4.58. The summed E-state index contributed by atoms with van der Waals surface area (Å²) in [5, 5.41) is 0. The van der Waals surface area contributed by atoms with E-state index in [2.05, 4.69) is 39.8 Å². The molecule has 0 heterocycles. The Morgan fingerprint density at radius 3 is 2.23 bits per heavy atom. The molecule has 0 N–H and O–H groups in total. The first kappa shape index (κ1) is 12.0. The first-order valence-electron chi connectivity index (χ1n) is 4.75. The average molecular weight is 176 g/mol. The fraction of sp³-hybridized carbons (Fsp3) is 0.538. The van der Waals surface area contributed by atoms with Crippen LogP contribution in [0.3, 0.4) is 0 Å². The maximum absolute atomic E-state index is 5.40. The van der Waals surface area contributed by atoms with E-state index in [1.807, 2.05) is 0 Å². The van der Waals surface area contributed by atoms with Gasteiger partial charge in [-0.1, -0.05) is 24.6 Å². The SMILES string of the molecule is C#CC(C)C(CCC(=C)C)C(=C)C. The summed E-state index contributed by atoms with van der Waals surface area (Å²) in [5.74, 6) is 3.51. The van der Waals surface area contributed by atoms with Gasteiger partial charge < -0.3 is 0 Å². The largest absolute Gasteiger partial charge is 0.120 e. The minimum absolute atomic E-state index is 0.289. The van der Waals surface area contributed by atoms with E-state index in [4.69, 9.17) is 6.42 Å². The second kappa shape index (κ2) is 5.65.